The summed E-state index contributed by atoms with van der Waals surface area (Å²) in [6.45, 7) is 1.20. The Labute approximate surface area is 235 Å². The zero-order valence-electron chi connectivity index (χ0n) is 22.4. The molecule has 0 spiro atoms. The van der Waals surface area contributed by atoms with E-state index in [1.807, 2.05) is 0 Å². The number of nitrogens with zero attached hydrogens (tertiary/aromatic N) is 2. The highest BCUT2D eigenvalue weighted by molar-refractivity contribution is 5.86. The Kier molecular flexibility index (Phi) is 7.22. The zero-order valence-corrected chi connectivity index (χ0v) is 22.4. The van der Waals surface area contributed by atoms with Gasteiger partial charge in [-0.3, -0.25) is 14.5 Å². The number of carboxylic acid groups (broad SMARTS) is 1. The summed E-state index contributed by atoms with van der Waals surface area (Å²) in [6.07, 6.45) is -1.13. The summed E-state index contributed by atoms with van der Waals surface area (Å²) in [5.74, 6) is -2.03. The highest BCUT2D eigenvalue weighted by Crippen LogP contribution is 2.49. The van der Waals surface area contributed by atoms with Crippen molar-refractivity contribution in [1.82, 2.24) is 9.80 Å². The lowest BCUT2D eigenvalue weighted by Crippen LogP contribution is -2.59. The van der Waals surface area contributed by atoms with Crippen LogP contribution in [-0.4, -0.2) is 64.9 Å². The number of piperidine rings is 1. The van der Waals surface area contributed by atoms with Gasteiger partial charge in [-0.25, -0.2) is 4.39 Å². The number of benzene rings is 2. The van der Waals surface area contributed by atoms with E-state index in [4.69, 9.17) is 9.47 Å². The number of fused-ring (bicyclic) bond motifs is 1. The van der Waals surface area contributed by atoms with Crippen LogP contribution in [0, 0.1) is 17.7 Å². The third-order valence-corrected chi connectivity index (χ3v) is 9.17. The van der Waals surface area contributed by atoms with E-state index in [0.717, 1.165) is 30.5 Å². The van der Waals surface area contributed by atoms with Gasteiger partial charge in [0, 0.05) is 18.2 Å². The predicted octanol–water partition coefficient (Wildman–Crippen LogP) is 5.04. The molecule has 220 valence electrons. The SMILES string of the molecule is O=C(O)[C@@H]1CN(C2CC[C@@](C(=O)N3COc4ccc(C(F)(F)F)cc4C3)(C3CC3)OC2)CCC1c1ccc(F)cc1. The van der Waals surface area contributed by atoms with E-state index < -0.39 is 29.2 Å². The molecular weight excluding hydrogens is 544 g/mol. The molecule has 2 aromatic rings. The van der Waals surface area contributed by atoms with Crippen molar-refractivity contribution >= 4 is 11.9 Å². The number of amides is 1. The number of carbonyl (C=O) groups excluding carboxylic acids is 1. The number of hydrogen-bond donors (Lipinski definition) is 1. The number of carboxylic acids is 1. The monoisotopic (exact) mass is 576 g/mol. The van der Waals surface area contributed by atoms with Crippen molar-refractivity contribution in [1.29, 1.82) is 0 Å². The minimum atomic E-state index is -4.49. The minimum Gasteiger partial charge on any atom is -0.481 e. The fraction of sp³-hybridized carbons (Fsp3) is 0.533. The first-order valence-corrected chi connectivity index (χ1v) is 14.0. The lowest BCUT2D eigenvalue weighted by molar-refractivity contribution is -0.181. The largest absolute Gasteiger partial charge is 0.481 e. The Balaban J connectivity index is 1.13. The number of hydrogen-bond acceptors (Lipinski definition) is 5. The van der Waals surface area contributed by atoms with Crippen molar-refractivity contribution in [3.63, 3.8) is 0 Å². The Morgan fingerprint density at radius 2 is 1.78 bits per heavy atom. The van der Waals surface area contributed by atoms with Gasteiger partial charge in [-0.2, -0.15) is 13.2 Å². The molecule has 1 aliphatic carbocycles. The molecule has 4 atom stereocenters. The summed E-state index contributed by atoms with van der Waals surface area (Å²) in [6, 6.07) is 9.25. The van der Waals surface area contributed by atoms with Crippen LogP contribution in [0.5, 0.6) is 5.75 Å². The van der Waals surface area contributed by atoms with Crippen LogP contribution in [0.1, 0.15) is 54.7 Å². The van der Waals surface area contributed by atoms with Gasteiger partial charge in [-0.1, -0.05) is 12.1 Å². The smallest absolute Gasteiger partial charge is 0.416 e. The molecule has 2 saturated heterocycles. The van der Waals surface area contributed by atoms with Crippen LogP contribution in [0.15, 0.2) is 42.5 Å². The number of likely N-dealkylation sites (tertiary alicyclic amines) is 1. The van der Waals surface area contributed by atoms with Gasteiger partial charge in [0.05, 0.1) is 24.6 Å². The molecule has 0 radical (unpaired) electrons. The van der Waals surface area contributed by atoms with Crippen LogP contribution in [0.25, 0.3) is 0 Å². The van der Waals surface area contributed by atoms with E-state index in [1.165, 1.54) is 23.1 Å². The molecule has 1 saturated carbocycles. The van der Waals surface area contributed by atoms with E-state index in [9.17, 15) is 32.3 Å². The topological polar surface area (TPSA) is 79.3 Å². The molecule has 3 heterocycles. The molecule has 6 rings (SSSR count). The molecule has 2 unspecified atom stereocenters. The first-order chi connectivity index (χ1) is 19.5. The third kappa shape index (κ3) is 5.41. The molecule has 1 N–H and O–H groups in total. The zero-order chi connectivity index (χ0) is 28.9. The van der Waals surface area contributed by atoms with Crippen molar-refractivity contribution in [2.75, 3.05) is 26.4 Å². The quantitative estimate of drug-likeness (QED) is 0.503. The molecule has 3 aliphatic heterocycles. The normalized spacial score (nSPS) is 29.0. The van der Waals surface area contributed by atoms with Crippen LogP contribution < -0.4 is 4.74 Å². The minimum absolute atomic E-state index is 0.0105. The maximum Gasteiger partial charge on any atom is 0.416 e. The van der Waals surface area contributed by atoms with Crippen molar-refractivity contribution in [3.05, 3.63) is 65.0 Å². The van der Waals surface area contributed by atoms with Crippen LogP contribution in [0.4, 0.5) is 17.6 Å². The highest BCUT2D eigenvalue weighted by atomic mass is 19.4. The average Bonchev–Trinajstić information content (AvgIpc) is 3.82. The number of halogens is 4. The standard InChI is InChI=1S/C30H32F4N2O5/c31-22-6-1-18(2-7-22)24-10-12-35(15-25(24)27(37)38)23-9-11-29(41-16-23,20-3-4-20)28(39)36-14-19-13-21(30(32,33)34)5-8-26(19)40-17-36/h1-2,5-8,13,20,23-25H,3-4,9-12,14-17H2,(H,37,38)/t23?,24?,25-,29+/m1/s1. The molecule has 4 aliphatic rings. The van der Waals surface area contributed by atoms with Gasteiger partial charge < -0.3 is 19.5 Å². The Hall–Kier alpha value is -3.18. The summed E-state index contributed by atoms with van der Waals surface area (Å²) >= 11 is 0. The summed E-state index contributed by atoms with van der Waals surface area (Å²) in [7, 11) is 0. The summed E-state index contributed by atoms with van der Waals surface area (Å²) in [4.78, 5) is 29.6. The van der Waals surface area contributed by atoms with Crippen LogP contribution in [0.3, 0.4) is 0 Å². The van der Waals surface area contributed by atoms with Crippen molar-refractivity contribution in [3.8, 4) is 5.75 Å². The maximum absolute atomic E-state index is 13.9. The lowest BCUT2D eigenvalue weighted by Gasteiger charge is -2.47. The Morgan fingerprint density at radius 3 is 2.41 bits per heavy atom. The molecule has 0 aromatic heterocycles. The van der Waals surface area contributed by atoms with Crippen molar-refractivity contribution in [2.45, 2.75) is 62.4 Å². The van der Waals surface area contributed by atoms with Gasteiger partial charge in [0.15, 0.2) is 6.73 Å². The molecule has 1 amide bonds. The van der Waals surface area contributed by atoms with Gasteiger partial charge in [0.1, 0.15) is 17.2 Å². The highest BCUT2D eigenvalue weighted by Gasteiger charge is 2.56. The van der Waals surface area contributed by atoms with E-state index >= 15 is 0 Å². The van der Waals surface area contributed by atoms with Gasteiger partial charge in [-0.15, -0.1) is 0 Å². The van der Waals surface area contributed by atoms with Crippen LogP contribution in [0.2, 0.25) is 0 Å². The lowest BCUT2D eigenvalue weighted by atomic mass is 9.79. The van der Waals surface area contributed by atoms with Gasteiger partial charge >= 0.3 is 12.1 Å². The second kappa shape index (κ2) is 10.6. The van der Waals surface area contributed by atoms with Crippen LogP contribution in [-0.2, 0) is 27.0 Å². The van der Waals surface area contributed by atoms with E-state index in [-0.39, 0.29) is 49.5 Å². The van der Waals surface area contributed by atoms with E-state index in [2.05, 4.69) is 4.90 Å². The molecule has 2 aromatic carbocycles. The number of aliphatic carboxylic acids is 1. The summed E-state index contributed by atoms with van der Waals surface area (Å²) in [5.41, 5.74) is -0.727. The number of alkyl halides is 3. The fourth-order valence-electron chi connectivity index (χ4n) is 6.77. The molecule has 3 fully saturated rings. The molecular formula is C30H32F4N2O5. The first kappa shape index (κ1) is 28.0. The van der Waals surface area contributed by atoms with Gasteiger partial charge in [0.2, 0.25) is 0 Å². The average molecular weight is 577 g/mol. The number of ether oxygens (including phenoxy) is 2. The van der Waals surface area contributed by atoms with E-state index in [1.54, 1.807) is 12.1 Å². The second-order valence-corrected chi connectivity index (χ2v) is 11.7. The number of rotatable bonds is 5. The molecule has 11 heteroatoms. The summed E-state index contributed by atoms with van der Waals surface area (Å²) < 4.78 is 65.3. The second-order valence-electron chi connectivity index (χ2n) is 11.7. The Morgan fingerprint density at radius 1 is 1.02 bits per heavy atom. The molecule has 0 bridgehead atoms. The Bertz CT molecular complexity index is 1300. The first-order valence-electron chi connectivity index (χ1n) is 14.0. The number of carbonyl (C=O) groups is 2. The summed E-state index contributed by atoms with van der Waals surface area (Å²) in [5, 5.41) is 10.00. The van der Waals surface area contributed by atoms with Gasteiger partial charge in [-0.05, 0) is 86.4 Å². The fourth-order valence-corrected chi connectivity index (χ4v) is 6.77. The molecule has 7 nitrogen and oxygen atoms in total. The van der Waals surface area contributed by atoms with Crippen molar-refractivity contribution in [2.24, 2.45) is 11.8 Å². The third-order valence-electron chi connectivity index (χ3n) is 9.17. The van der Waals surface area contributed by atoms with Crippen molar-refractivity contribution < 1.29 is 41.7 Å². The predicted molar refractivity (Wildman–Crippen MR) is 138 cm³/mol. The maximum atomic E-state index is 13.9. The van der Waals surface area contributed by atoms with Gasteiger partial charge in [0.25, 0.3) is 5.91 Å². The van der Waals surface area contributed by atoms with E-state index in [0.29, 0.717) is 43.7 Å². The molecule has 41 heavy (non-hydrogen) atoms. The van der Waals surface area contributed by atoms with Crippen LogP contribution >= 0.6 is 0 Å².